The molecular weight excluding hydrogens is 402 g/mol. The lowest BCUT2D eigenvalue weighted by atomic mass is 9.68. The van der Waals surface area contributed by atoms with Gasteiger partial charge in [-0.05, 0) is 55.5 Å². The van der Waals surface area contributed by atoms with Crippen molar-refractivity contribution in [1.82, 2.24) is 10.3 Å². The molecule has 1 aromatic carbocycles. The second-order valence-corrected chi connectivity index (χ2v) is 9.32. The molecule has 1 aliphatic heterocycles. The summed E-state index contributed by atoms with van der Waals surface area (Å²) in [6.07, 6.45) is 1.20. The number of nitrogens with one attached hydrogen (secondary N) is 2. The van der Waals surface area contributed by atoms with Crippen LogP contribution < -0.4 is 15.4 Å². The molecule has 1 aliphatic carbocycles. The average Bonchev–Trinajstić information content (AvgIpc) is 2.71. The normalized spacial score (nSPS) is 19.9. The Morgan fingerprint density at radius 2 is 1.91 bits per heavy atom. The Morgan fingerprint density at radius 1 is 1.16 bits per heavy atom. The van der Waals surface area contributed by atoms with Crippen LogP contribution in [0.15, 0.2) is 65.0 Å². The van der Waals surface area contributed by atoms with E-state index in [4.69, 9.17) is 4.74 Å². The number of carbonyl (C=O) groups is 2. The summed E-state index contributed by atoms with van der Waals surface area (Å²) in [4.78, 5) is 31.3. The maximum Gasteiger partial charge on any atom is 0.255 e. The summed E-state index contributed by atoms with van der Waals surface area (Å²) in [5.41, 5.74) is 4.38. The van der Waals surface area contributed by atoms with Gasteiger partial charge in [0.1, 0.15) is 11.6 Å². The molecule has 0 spiro atoms. The van der Waals surface area contributed by atoms with E-state index >= 15 is 0 Å². The Labute approximate surface area is 188 Å². The molecule has 0 bridgehead atoms. The predicted molar refractivity (Wildman–Crippen MR) is 124 cm³/mol. The number of benzene rings is 1. The monoisotopic (exact) mass is 431 g/mol. The van der Waals surface area contributed by atoms with Crippen molar-refractivity contribution in [2.75, 3.05) is 12.4 Å². The van der Waals surface area contributed by atoms with Gasteiger partial charge in [-0.2, -0.15) is 0 Å². The number of nitrogens with zero attached hydrogens (tertiary/aromatic N) is 1. The molecule has 2 N–H and O–H groups in total. The summed E-state index contributed by atoms with van der Waals surface area (Å²) in [5.74, 6) is 0.489. The van der Waals surface area contributed by atoms with E-state index in [1.807, 2.05) is 50.2 Å². The van der Waals surface area contributed by atoms with Crippen molar-refractivity contribution in [2.24, 2.45) is 5.41 Å². The van der Waals surface area contributed by atoms with Gasteiger partial charge in [0.05, 0.1) is 7.11 Å². The number of hydrogen-bond donors (Lipinski definition) is 2. The number of ether oxygens (including phenoxy) is 1. The van der Waals surface area contributed by atoms with Crippen LogP contribution in [0.1, 0.15) is 50.8 Å². The van der Waals surface area contributed by atoms with E-state index in [2.05, 4.69) is 29.5 Å². The molecule has 2 aromatic rings. The van der Waals surface area contributed by atoms with E-state index in [0.29, 0.717) is 29.1 Å². The highest BCUT2D eigenvalue weighted by molar-refractivity contribution is 6.09. The Balaban J connectivity index is 1.82. The molecule has 6 nitrogen and oxygen atoms in total. The summed E-state index contributed by atoms with van der Waals surface area (Å²) >= 11 is 0. The molecule has 0 saturated heterocycles. The van der Waals surface area contributed by atoms with Crippen LogP contribution >= 0.6 is 0 Å². The minimum atomic E-state index is -0.477. The molecule has 6 heteroatoms. The molecule has 1 atom stereocenters. The second kappa shape index (κ2) is 8.26. The third-order valence-electron chi connectivity index (χ3n) is 6.04. The van der Waals surface area contributed by atoms with Crippen LogP contribution in [0, 0.1) is 12.3 Å². The molecule has 0 saturated carbocycles. The van der Waals surface area contributed by atoms with Crippen LogP contribution in [0.3, 0.4) is 0 Å². The van der Waals surface area contributed by atoms with Gasteiger partial charge in [0.25, 0.3) is 5.91 Å². The Bertz CT molecular complexity index is 1160. The van der Waals surface area contributed by atoms with Crippen LogP contribution in [-0.4, -0.2) is 23.8 Å². The van der Waals surface area contributed by atoms with Gasteiger partial charge in [0, 0.05) is 40.6 Å². The number of ketones is 1. The zero-order valence-electron chi connectivity index (χ0n) is 19.2. The molecule has 0 radical (unpaired) electrons. The van der Waals surface area contributed by atoms with E-state index in [0.717, 1.165) is 29.1 Å². The van der Waals surface area contributed by atoms with E-state index in [9.17, 15) is 9.59 Å². The Kier molecular flexibility index (Phi) is 5.63. The number of aryl methyl sites for hydroxylation is 1. The molecule has 0 unspecified atom stereocenters. The van der Waals surface area contributed by atoms with Crippen LogP contribution in [0.2, 0.25) is 0 Å². The number of dihydropyridines is 1. The average molecular weight is 432 g/mol. The van der Waals surface area contributed by atoms with Crippen LogP contribution in [0.4, 0.5) is 5.82 Å². The number of aromatic nitrogens is 1. The minimum absolute atomic E-state index is 0.0723. The van der Waals surface area contributed by atoms with Crippen molar-refractivity contribution in [3.8, 4) is 5.75 Å². The lowest BCUT2D eigenvalue weighted by Crippen LogP contribution is -2.39. The first-order chi connectivity index (χ1) is 15.2. The van der Waals surface area contributed by atoms with Crippen molar-refractivity contribution < 1.29 is 14.3 Å². The standard InChI is InChI=1S/C26H29N3O3/c1-15-8-6-11-21(27-15)29-25(31)22-16(2)28-19-13-26(3,4)14-20(30)24(19)23(22)17-9-7-10-18(12-17)32-5/h6-12,23,28H,13-14H2,1-5H3,(H,27,29,31)/t23-/m0/s1. The molecule has 4 rings (SSSR count). The van der Waals surface area contributed by atoms with Crippen molar-refractivity contribution in [3.05, 3.63) is 76.3 Å². The number of allylic oxidation sites excluding steroid dienone is 3. The highest BCUT2D eigenvalue weighted by Crippen LogP contribution is 2.47. The molecule has 166 valence electrons. The number of Topliss-reactive ketones (excluding diaryl/α,β-unsaturated/α-hetero) is 1. The van der Waals surface area contributed by atoms with E-state index in [1.54, 1.807) is 13.2 Å². The maximum absolute atomic E-state index is 13.5. The summed E-state index contributed by atoms with van der Waals surface area (Å²) in [6.45, 7) is 7.96. The third-order valence-corrected chi connectivity index (χ3v) is 6.04. The first kappa shape index (κ1) is 21.8. The second-order valence-electron chi connectivity index (χ2n) is 9.32. The molecule has 1 aromatic heterocycles. The summed E-state index contributed by atoms with van der Waals surface area (Å²) in [5, 5.41) is 6.31. The largest absolute Gasteiger partial charge is 0.497 e. The van der Waals surface area contributed by atoms with Gasteiger partial charge >= 0.3 is 0 Å². The fourth-order valence-electron chi connectivity index (χ4n) is 4.69. The molecular formula is C26H29N3O3. The van der Waals surface area contributed by atoms with Gasteiger partial charge in [-0.15, -0.1) is 0 Å². The summed E-state index contributed by atoms with van der Waals surface area (Å²) < 4.78 is 5.43. The van der Waals surface area contributed by atoms with Gasteiger partial charge in [0.2, 0.25) is 0 Å². The SMILES string of the molecule is COc1cccc([C@H]2C(C(=O)Nc3cccc(C)n3)=C(C)NC3=C2C(=O)CC(C)(C)C3)c1. The molecule has 0 fully saturated rings. The van der Waals surface area contributed by atoms with E-state index < -0.39 is 5.92 Å². The summed E-state index contributed by atoms with van der Waals surface area (Å²) in [6, 6.07) is 13.1. The number of hydrogen-bond acceptors (Lipinski definition) is 5. The fraction of sp³-hybridized carbons (Fsp3) is 0.346. The molecule has 2 heterocycles. The predicted octanol–water partition coefficient (Wildman–Crippen LogP) is 4.64. The number of rotatable bonds is 4. The zero-order chi connectivity index (χ0) is 23.0. The first-order valence-corrected chi connectivity index (χ1v) is 10.8. The van der Waals surface area contributed by atoms with Crippen LogP contribution in [0.25, 0.3) is 0 Å². The number of amides is 1. The molecule has 1 amide bonds. The van der Waals surface area contributed by atoms with Crippen molar-refractivity contribution in [3.63, 3.8) is 0 Å². The fourth-order valence-corrected chi connectivity index (χ4v) is 4.69. The van der Waals surface area contributed by atoms with Crippen molar-refractivity contribution in [2.45, 2.75) is 46.5 Å². The highest BCUT2D eigenvalue weighted by atomic mass is 16.5. The smallest absolute Gasteiger partial charge is 0.255 e. The summed E-state index contributed by atoms with van der Waals surface area (Å²) in [7, 11) is 1.61. The maximum atomic E-state index is 13.5. The lowest BCUT2D eigenvalue weighted by Gasteiger charge is -2.39. The van der Waals surface area contributed by atoms with Crippen LogP contribution in [-0.2, 0) is 9.59 Å². The zero-order valence-corrected chi connectivity index (χ0v) is 19.2. The van der Waals surface area contributed by atoms with E-state index in [1.165, 1.54) is 0 Å². The Morgan fingerprint density at radius 3 is 2.62 bits per heavy atom. The molecule has 2 aliphatic rings. The number of carbonyl (C=O) groups excluding carboxylic acids is 2. The van der Waals surface area contributed by atoms with Gasteiger partial charge in [-0.1, -0.05) is 32.0 Å². The highest BCUT2D eigenvalue weighted by Gasteiger charge is 2.42. The van der Waals surface area contributed by atoms with Gasteiger partial charge < -0.3 is 15.4 Å². The molecule has 32 heavy (non-hydrogen) atoms. The third kappa shape index (κ3) is 4.17. The lowest BCUT2D eigenvalue weighted by molar-refractivity contribution is -0.118. The topological polar surface area (TPSA) is 80.3 Å². The number of methoxy groups -OCH3 is 1. The van der Waals surface area contributed by atoms with E-state index in [-0.39, 0.29) is 17.1 Å². The van der Waals surface area contributed by atoms with Crippen LogP contribution in [0.5, 0.6) is 5.75 Å². The van der Waals surface area contributed by atoms with Crippen molar-refractivity contribution in [1.29, 1.82) is 0 Å². The van der Waals surface area contributed by atoms with Gasteiger partial charge in [0.15, 0.2) is 5.78 Å². The van der Waals surface area contributed by atoms with Gasteiger partial charge in [-0.3, -0.25) is 9.59 Å². The number of anilines is 1. The number of pyridine rings is 1. The minimum Gasteiger partial charge on any atom is -0.497 e. The Hall–Kier alpha value is -3.41. The van der Waals surface area contributed by atoms with Crippen molar-refractivity contribution >= 4 is 17.5 Å². The first-order valence-electron chi connectivity index (χ1n) is 10.8. The quantitative estimate of drug-likeness (QED) is 0.737. The van der Waals surface area contributed by atoms with Gasteiger partial charge in [-0.25, -0.2) is 4.98 Å².